The van der Waals surface area contributed by atoms with E-state index < -0.39 is 0 Å². The van der Waals surface area contributed by atoms with Gasteiger partial charge in [-0.1, -0.05) is 18.5 Å². The second-order valence-electron chi connectivity index (χ2n) is 4.73. The summed E-state index contributed by atoms with van der Waals surface area (Å²) in [7, 11) is 0. The molecule has 0 heterocycles. The van der Waals surface area contributed by atoms with Gasteiger partial charge < -0.3 is 5.32 Å². The van der Waals surface area contributed by atoms with Gasteiger partial charge in [-0.05, 0) is 65.7 Å². The summed E-state index contributed by atoms with van der Waals surface area (Å²) >= 11 is 9.42. The van der Waals surface area contributed by atoms with Crippen molar-refractivity contribution in [2.45, 2.75) is 38.6 Å². The summed E-state index contributed by atoms with van der Waals surface area (Å²) in [5.41, 5.74) is 1.16. The van der Waals surface area contributed by atoms with Crippen LogP contribution in [-0.4, -0.2) is 6.04 Å². The first-order valence-electron chi connectivity index (χ1n) is 5.87. The highest BCUT2D eigenvalue weighted by Crippen LogP contribution is 2.29. The molecule has 3 heteroatoms. The van der Waals surface area contributed by atoms with Crippen LogP contribution in [0.3, 0.4) is 0 Å². The summed E-state index contributed by atoms with van der Waals surface area (Å²) in [5, 5.41) is 4.35. The Morgan fingerprint density at radius 2 is 1.94 bits per heavy atom. The Morgan fingerprint density at radius 1 is 1.25 bits per heavy atom. The Hall–Kier alpha value is -0.210. The quantitative estimate of drug-likeness (QED) is 0.802. The van der Waals surface area contributed by atoms with E-state index in [0.717, 1.165) is 21.1 Å². The predicted molar refractivity (Wildman–Crippen MR) is 74.2 cm³/mol. The lowest BCUT2D eigenvalue weighted by Crippen LogP contribution is -2.25. The molecule has 1 nitrogen and oxygen atoms in total. The lowest BCUT2D eigenvalue weighted by Gasteiger charge is -2.27. The minimum atomic E-state index is 0.629. The lowest BCUT2D eigenvalue weighted by molar-refractivity contribution is 0.361. The van der Waals surface area contributed by atoms with E-state index in [-0.39, 0.29) is 0 Å². The van der Waals surface area contributed by atoms with E-state index in [2.05, 4.69) is 34.2 Å². The third-order valence-corrected chi connectivity index (χ3v) is 4.52. The van der Waals surface area contributed by atoms with Crippen LogP contribution in [0.15, 0.2) is 22.7 Å². The molecule has 1 aliphatic rings. The molecule has 1 saturated carbocycles. The van der Waals surface area contributed by atoms with Crippen molar-refractivity contribution in [3.63, 3.8) is 0 Å². The molecule has 1 aliphatic carbocycles. The first kappa shape index (κ1) is 12.3. The smallest absolute Gasteiger partial charge is 0.0549 e. The second-order valence-corrected chi connectivity index (χ2v) is 5.99. The first-order valence-corrected chi connectivity index (χ1v) is 7.04. The summed E-state index contributed by atoms with van der Waals surface area (Å²) in [4.78, 5) is 0. The fraction of sp³-hybridized carbons (Fsp3) is 0.538. The number of rotatable bonds is 2. The Labute approximate surface area is 111 Å². The van der Waals surface area contributed by atoms with Gasteiger partial charge in [-0.25, -0.2) is 0 Å². The maximum atomic E-state index is 5.97. The molecule has 0 unspecified atom stereocenters. The van der Waals surface area contributed by atoms with Gasteiger partial charge in [0, 0.05) is 16.2 Å². The second kappa shape index (κ2) is 5.42. The summed E-state index contributed by atoms with van der Waals surface area (Å²) < 4.78 is 0.961. The van der Waals surface area contributed by atoms with Gasteiger partial charge in [0.25, 0.3) is 0 Å². The molecule has 0 amide bonds. The number of hydrogen-bond donors (Lipinski definition) is 1. The minimum absolute atomic E-state index is 0.629. The fourth-order valence-corrected chi connectivity index (χ4v) is 2.72. The van der Waals surface area contributed by atoms with E-state index in [0.29, 0.717) is 6.04 Å². The van der Waals surface area contributed by atoms with Crippen molar-refractivity contribution in [3.05, 3.63) is 27.7 Å². The van der Waals surface area contributed by atoms with Crippen molar-refractivity contribution in [2.24, 2.45) is 5.92 Å². The van der Waals surface area contributed by atoms with E-state index in [4.69, 9.17) is 11.6 Å². The topological polar surface area (TPSA) is 12.0 Å². The minimum Gasteiger partial charge on any atom is -0.382 e. The molecule has 16 heavy (non-hydrogen) atoms. The van der Waals surface area contributed by atoms with Crippen molar-refractivity contribution in [3.8, 4) is 0 Å². The van der Waals surface area contributed by atoms with Crippen LogP contribution in [-0.2, 0) is 0 Å². The number of anilines is 1. The average molecular weight is 303 g/mol. The van der Waals surface area contributed by atoms with E-state index in [1.54, 1.807) is 0 Å². The maximum Gasteiger partial charge on any atom is 0.0549 e. The van der Waals surface area contributed by atoms with Crippen LogP contribution in [0.1, 0.15) is 32.6 Å². The Kier molecular flexibility index (Phi) is 4.15. The Balaban J connectivity index is 1.96. The van der Waals surface area contributed by atoms with Gasteiger partial charge in [0.05, 0.1) is 5.02 Å². The molecule has 0 aromatic heterocycles. The van der Waals surface area contributed by atoms with Gasteiger partial charge >= 0.3 is 0 Å². The molecule has 0 saturated heterocycles. The molecule has 0 aliphatic heterocycles. The van der Waals surface area contributed by atoms with Gasteiger partial charge in [-0.15, -0.1) is 0 Å². The number of hydrogen-bond acceptors (Lipinski definition) is 1. The van der Waals surface area contributed by atoms with E-state index >= 15 is 0 Å². The van der Waals surface area contributed by atoms with Crippen molar-refractivity contribution >= 4 is 33.2 Å². The van der Waals surface area contributed by atoms with Crippen LogP contribution >= 0.6 is 27.5 Å². The van der Waals surface area contributed by atoms with Gasteiger partial charge in [-0.3, -0.25) is 0 Å². The molecule has 1 aromatic rings. The largest absolute Gasteiger partial charge is 0.382 e. The number of halogens is 2. The van der Waals surface area contributed by atoms with Crippen molar-refractivity contribution < 1.29 is 0 Å². The van der Waals surface area contributed by atoms with Crippen LogP contribution in [0.4, 0.5) is 5.69 Å². The third-order valence-electron chi connectivity index (χ3n) is 3.31. The van der Waals surface area contributed by atoms with Crippen LogP contribution in [0.5, 0.6) is 0 Å². The predicted octanol–water partition coefficient (Wildman–Crippen LogP) is 5.09. The van der Waals surface area contributed by atoms with Crippen LogP contribution in [0.25, 0.3) is 0 Å². The van der Waals surface area contributed by atoms with E-state index in [9.17, 15) is 0 Å². The van der Waals surface area contributed by atoms with Gasteiger partial charge in [0.15, 0.2) is 0 Å². The zero-order valence-electron chi connectivity index (χ0n) is 9.47. The van der Waals surface area contributed by atoms with Crippen molar-refractivity contribution in [1.82, 2.24) is 0 Å². The highest BCUT2D eigenvalue weighted by atomic mass is 79.9. The molecule has 1 N–H and O–H groups in total. The van der Waals surface area contributed by atoms with Crippen molar-refractivity contribution in [2.75, 3.05) is 5.32 Å². The Bertz CT molecular complexity index is 359. The first-order chi connectivity index (χ1) is 7.65. The zero-order chi connectivity index (χ0) is 11.5. The Morgan fingerprint density at radius 3 is 2.56 bits per heavy atom. The summed E-state index contributed by atoms with van der Waals surface area (Å²) in [5.74, 6) is 0.898. The summed E-state index contributed by atoms with van der Waals surface area (Å²) in [6.45, 7) is 2.34. The highest BCUT2D eigenvalue weighted by Gasteiger charge is 2.17. The highest BCUT2D eigenvalue weighted by molar-refractivity contribution is 9.10. The molecule has 0 bridgehead atoms. The molecule has 0 radical (unpaired) electrons. The molecule has 1 fully saturated rings. The van der Waals surface area contributed by atoms with Crippen LogP contribution < -0.4 is 5.32 Å². The summed E-state index contributed by atoms with van der Waals surface area (Å²) in [6.07, 6.45) is 5.24. The monoisotopic (exact) mass is 301 g/mol. The average Bonchev–Trinajstić information content (AvgIpc) is 2.27. The van der Waals surface area contributed by atoms with Gasteiger partial charge in [-0.2, -0.15) is 0 Å². The third kappa shape index (κ3) is 3.14. The molecule has 88 valence electrons. The molecule has 1 aromatic carbocycles. The number of nitrogens with one attached hydrogen (secondary N) is 1. The van der Waals surface area contributed by atoms with E-state index in [1.165, 1.54) is 25.7 Å². The molecule has 2 rings (SSSR count). The van der Waals surface area contributed by atoms with Gasteiger partial charge in [0.1, 0.15) is 0 Å². The SMILES string of the molecule is CC1CCC(Nc2ccc(Cl)c(Br)c2)CC1. The fourth-order valence-electron chi connectivity index (χ4n) is 2.23. The normalized spacial score (nSPS) is 25.4. The van der Waals surface area contributed by atoms with Crippen LogP contribution in [0.2, 0.25) is 5.02 Å². The molecular weight excluding hydrogens is 286 g/mol. The molecule has 0 spiro atoms. The van der Waals surface area contributed by atoms with Crippen LogP contribution in [0, 0.1) is 5.92 Å². The lowest BCUT2D eigenvalue weighted by atomic mass is 9.87. The summed E-state index contributed by atoms with van der Waals surface area (Å²) in [6, 6.07) is 6.66. The van der Waals surface area contributed by atoms with Gasteiger partial charge in [0.2, 0.25) is 0 Å². The van der Waals surface area contributed by atoms with E-state index in [1.807, 2.05) is 12.1 Å². The molecule has 0 atom stereocenters. The maximum absolute atomic E-state index is 5.97. The number of benzene rings is 1. The zero-order valence-corrected chi connectivity index (χ0v) is 11.8. The standard InChI is InChI=1S/C13H17BrClN/c1-9-2-4-10(5-3-9)16-11-6-7-13(15)12(14)8-11/h6-10,16H,2-5H2,1H3. The van der Waals surface area contributed by atoms with Crippen molar-refractivity contribution in [1.29, 1.82) is 0 Å². The molecular formula is C13H17BrClN.